The summed E-state index contributed by atoms with van der Waals surface area (Å²) in [4.78, 5) is 70.9. The standard InChI is InChI=1S/C15H21NO4.C14H19NO5.C13H18N2O2S.2C13H19NO.2C12H17NO.C12H19NO/c1-2-13(17)11-20-15(19)9-8-14(18)16-10-12-6-4-3-5-7-12;16-9-12(10-17)20-14(19)7-6-13(18)15-8-11-4-2-1-3-5-11;1-2-8-15(9-10-16)13(18)14-12(17)11-6-4-3-5-7-11;1-2-12(10-15)14-9-5-7-11-6-3-4-8-13(11)14;1-2-12(15)10-14-9-5-7-11-6-3-4-8-13(11)14;1-2-11(9-14)13-8-7-10-5-3-4-6-12(10)13;1-2-11(14)9-13-8-7-10-5-3-4-6-12(10)13;1-3-8-13(9-10-14)12-6-4-11(2)5-7-12/h3-7,13,17H,2,8-11H2,1H3,(H,16,18);1-5,12,16-17H,6-10H2,(H,15,18);3-7,16H,2,8-10H2,1H3,(H,14,17,18);2*3-4,6,8,12,15H,2,5,7,9-10H2,1H3;2*3-6,11,14H,2,7-9H2,1H3;4-7,14H,3,8-10H2,1-2H3. The number of para-hydroxylation sites is 4. The molecule has 12 N–H and O–H groups in total. The Kier molecular flexibility index (Phi) is 55.3. The number of fused-ring (bicyclic) bond motifs is 4. The first-order valence-electron chi connectivity index (χ1n) is 46.6. The SMILES string of the molecule is CCC(CO)N1CCCc2ccccc21.CCC(CO)N1CCc2ccccc21.CCC(O)CN1CCCc2ccccc21.CCC(O)CN1CCc2ccccc21.CCC(O)COC(=O)CCC(=O)NCc1ccccc1.CCCN(CCO)C(=S)NC(=O)c1ccccc1.CCCN(CCO)c1ccc(C)cc1.O=C(CCC(=O)OC(CO)CO)NCc1ccccc1. The fraction of sp³-hybridized carbons (Fsp3) is 0.481. The predicted octanol–water partition coefficient (Wildman–Crippen LogP) is 13.0. The van der Waals surface area contributed by atoms with Gasteiger partial charge in [0, 0.05) is 125 Å². The van der Waals surface area contributed by atoms with E-state index < -0.39 is 37.4 Å². The van der Waals surface area contributed by atoms with E-state index in [2.05, 4.69) is 189 Å². The van der Waals surface area contributed by atoms with Gasteiger partial charge < -0.3 is 95.5 Å². The highest BCUT2D eigenvalue weighted by molar-refractivity contribution is 7.80. The molecular weight excluding hydrogens is 1660 g/mol. The van der Waals surface area contributed by atoms with Crippen molar-refractivity contribution in [2.45, 2.75) is 214 Å². The van der Waals surface area contributed by atoms with Crippen molar-refractivity contribution in [3.8, 4) is 0 Å². The van der Waals surface area contributed by atoms with E-state index in [9.17, 15) is 49.5 Å². The van der Waals surface area contributed by atoms with Crippen LogP contribution in [-0.4, -0.2) is 234 Å². The summed E-state index contributed by atoms with van der Waals surface area (Å²) >= 11 is 5.17. The quantitative estimate of drug-likeness (QED) is 0.0126. The lowest BCUT2D eigenvalue weighted by molar-refractivity contribution is -0.154. The summed E-state index contributed by atoms with van der Waals surface area (Å²) in [7, 11) is 0. The van der Waals surface area contributed by atoms with Crippen molar-refractivity contribution in [2.24, 2.45) is 0 Å². The summed E-state index contributed by atoms with van der Waals surface area (Å²) in [5, 5.41) is 91.0. The van der Waals surface area contributed by atoms with Crippen molar-refractivity contribution >= 4 is 75.4 Å². The minimum atomic E-state index is -0.921. The number of aliphatic hydroxyl groups is 9. The number of nitrogens with one attached hydrogen (secondary N) is 3. The van der Waals surface area contributed by atoms with Gasteiger partial charge in [0.2, 0.25) is 11.8 Å². The van der Waals surface area contributed by atoms with Crippen LogP contribution in [0.5, 0.6) is 0 Å². The average Bonchev–Trinajstić information content (AvgIpc) is 0.974. The Bertz CT molecular complexity index is 4410. The highest BCUT2D eigenvalue weighted by Crippen LogP contribution is 2.32. The van der Waals surface area contributed by atoms with Crippen LogP contribution in [0.1, 0.15) is 181 Å². The van der Waals surface area contributed by atoms with Gasteiger partial charge in [-0.3, -0.25) is 29.3 Å². The Balaban J connectivity index is 0.000000264. The van der Waals surface area contributed by atoms with E-state index >= 15 is 0 Å². The van der Waals surface area contributed by atoms with Gasteiger partial charge in [0.05, 0.1) is 82.9 Å². The lowest BCUT2D eigenvalue weighted by Gasteiger charge is -2.36. The van der Waals surface area contributed by atoms with Gasteiger partial charge in [0.15, 0.2) is 5.11 Å². The maximum Gasteiger partial charge on any atom is 0.306 e. The van der Waals surface area contributed by atoms with E-state index in [1.54, 1.807) is 36.1 Å². The number of anilines is 5. The monoisotopic (exact) mass is 1810 g/mol. The molecule has 0 aliphatic carbocycles. The topological polar surface area (TPSA) is 341 Å². The van der Waals surface area contributed by atoms with E-state index in [1.165, 1.54) is 81.9 Å². The van der Waals surface area contributed by atoms with Crippen LogP contribution in [-0.2, 0) is 67.4 Å². The van der Waals surface area contributed by atoms with Crippen LogP contribution in [0.15, 0.2) is 212 Å². The highest BCUT2D eigenvalue weighted by Gasteiger charge is 2.27. The van der Waals surface area contributed by atoms with Gasteiger partial charge in [-0.15, -0.1) is 0 Å². The van der Waals surface area contributed by atoms with Crippen LogP contribution in [0.4, 0.5) is 28.4 Å². The normalized spacial score (nSPS) is 13.5. The number of esters is 2. The second-order valence-corrected chi connectivity index (χ2v) is 32.6. The van der Waals surface area contributed by atoms with Crippen molar-refractivity contribution in [1.82, 2.24) is 20.9 Å². The van der Waals surface area contributed by atoms with E-state index in [0.717, 1.165) is 115 Å². The first-order chi connectivity index (χ1) is 63.1. The number of carbonyl (C=O) groups is 5. The lowest BCUT2D eigenvalue weighted by Crippen LogP contribution is -2.44. The van der Waals surface area contributed by atoms with Crippen LogP contribution in [0.25, 0.3) is 0 Å². The molecule has 5 unspecified atom stereocenters. The summed E-state index contributed by atoms with van der Waals surface area (Å²) in [5.74, 6) is -1.75. The number of ether oxygens (including phenoxy) is 2. The zero-order valence-corrected chi connectivity index (χ0v) is 78.9. The van der Waals surface area contributed by atoms with Gasteiger partial charge in [-0.2, -0.15) is 0 Å². The van der Waals surface area contributed by atoms with Crippen LogP contribution in [0.2, 0.25) is 0 Å². The van der Waals surface area contributed by atoms with Gasteiger partial charge in [-0.25, -0.2) is 0 Å². The highest BCUT2D eigenvalue weighted by atomic mass is 32.1. The summed E-state index contributed by atoms with van der Waals surface area (Å²) in [5.41, 5.74) is 16.0. The van der Waals surface area contributed by atoms with Crippen LogP contribution < -0.4 is 40.4 Å². The summed E-state index contributed by atoms with van der Waals surface area (Å²) < 4.78 is 9.58. The summed E-state index contributed by atoms with van der Waals surface area (Å²) in [6.07, 6.45) is 11.3. The number of β-amino-alcohol motifs (C(OH)–C–C–N with tert-alkyl or cyclic N) is 2. The molecule has 4 aliphatic rings. The Morgan fingerprint density at radius 2 is 0.838 bits per heavy atom. The molecule has 712 valence electrons. The molecule has 0 aromatic heterocycles. The van der Waals surface area contributed by atoms with Gasteiger partial charge >= 0.3 is 11.9 Å². The number of thiocarbonyl (C=S) groups is 1. The molecule has 130 heavy (non-hydrogen) atoms. The third-order valence-corrected chi connectivity index (χ3v) is 22.7. The fourth-order valence-electron chi connectivity index (χ4n) is 14.8. The molecule has 0 fully saturated rings. The summed E-state index contributed by atoms with van der Waals surface area (Å²) in [6.45, 7) is 25.7. The van der Waals surface area contributed by atoms with Gasteiger partial charge in [0.1, 0.15) is 12.7 Å². The number of benzene rings is 8. The molecule has 0 saturated heterocycles. The zero-order valence-electron chi connectivity index (χ0n) is 78.1. The van der Waals surface area contributed by atoms with E-state index in [4.69, 9.17) is 42.1 Å². The molecule has 0 spiro atoms. The van der Waals surface area contributed by atoms with Crippen molar-refractivity contribution in [2.75, 3.05) is 136 Å². The third kappa shape index (κ3) is 41.4. The zero-order chi connectivity index (χ0) is 94.6. The van der Waals surface area contributed by atoms with Crippen molar-refractivity contribution in [1.29, 1.82) is 0 Å². The number of aliphatic hydroxyl groups excluding tert-OH is 9. The average molecular weight is 1810 g/mol. The number of carbonyl (C=O) groups excluding carboxylic acids is 5. The minimum absolute atomic E-state index is 0.00917. The Morgan fingerprint density at radius 1 is 0.423 bits per heavy atom. The maximum atomic E-state index is 11.9. The Morgan fingerprint density at radius 3 is 1.30 bits per heavy atom. The molecular formula is C104H149N9O16S. The van der Waals surface area contributed by atoms with Gasteiger partial charge in [-0.05, 0) is 185 Å². The van der Waals surface area contributed by atoms with Crippen LogP contribution in [0, 0.1) is 6.92 Å². The molecule has 0 bridgehead atoms. The number of hydrogen-bond acceptors (Lipinski definition) is 22. The second kappa shape index (κ2) is 65.2. The lowest BCUT2D eigenvalue weighted by atomic mass is 9.99. The molecule has 25 nitrogen and oxygen atoms in total. The van der Waals surface area contributed by atoms with Gasteiger partial charge in [0.25, 0.3) is 5.91 Å². The van der Waals surface area contributed by atoms with Crippen LogP contribution in [0.3, 0.4) is 0 Å². The van der Waals surface area contributed by atoms with Crippen molar-refractivity contribution in [3.63, 3.8) is 0 Å². The van der Waals surface area contributed by atoms with Crippen LogP contribution >= 0.6 is 12.2 Å². The van der Waals surface area contributed by atoms with Crippen molar-refractivity contribution < 1.29 is 79.4 Å². The fourth-order valence-corrected chi connectivity index (χ4v) is 15.0. The van der Waals surface area contributed by atoms with E-state index in [-0.39, 0.29) is 94.7 Å². The molecule has 12 rings (SSSR count). The molecule has 8 aromatic rings. The molecule has 0 radical (unpaired) electrons. The van der Waals surface area contributed by atoms with Crippen molar-refractivity contribution in [3.05, 3.63) is 257 Å². The molecule has 4 heterocycles. The summed E-state index contributed by atoms with van der Waals surface area (Å²) in [6, 6.07) is 70.9. The molecule has 3 amide bonds. The first-order valence-corrected chi connectivity index (χ1v) is 47.0. The molecule has 5 atom stereocenters. The first kappa shape index (κ1) is 110. The van der Waals surface area contributed by atoms with E-state index in [0.29, 0.717) is 49.3 Å². The minimum Gasteiger partial charge on any atom is -0.463 e. The number of aryl methyl sites for hydroxylation is 3. The number of hydrogen-bond donors (Lipinski definition) is 12. The largest absolute Gasteiger partial charge is 0.463 e. The smallest absolute Gasteiger partial charge is 0.306 e. The van der Waals surface area contributed by atoms with Gasteiger partial charge in [-0.1, -0.05) is 218 Å². The second-order valence-electron chi connectivity index (χ2n) is 32.2. The number of amides is 3. The Hall–Kier alpha value is -10.4. The molecule has 8 aromatic carbocycles. The number of nitrogens with zero attached hydrogens (tertiary/aromatic N) is 6. The molecule has 26 heteroatoms. The third-order valence-electron chi connectivity index (χ3n) is 22.4. The maximum absolute atomic E-state index is 11.9. The Labute approximate surface area is 778 Å². The molecule has 0 saturated carbocycles. The predicted molar refractivity (Wildman–Crippen MR) is 526 cm³/mol. The van der Waals surface area contributed by atoms with E-state index in [1.807, 2.05) is 87.5 Å². The number of rotatable bonds is 38. The molecule has 4 aliphatic heterocycles.